The van der Waals surface area contributed by atoms with Crippen molar-refractivity contribution in [2.24, 2.45) is 5.73 Å². The van der Waals surface area contributed by atoms with E-state index in [0.717, 1.165) is 11.4 Å². The number of para-hydroxylation sites is 1. The molecule has 0 spiro atoms. The van der Waals surface area contributed by atoms with Crippen LogP contribution in [0, 0.1) is 0 Å². The number of nitrogens with one attached hydrogen (secondary N) is 1. The lowest BCUT2D eigenvalue weighted by Crippen LogP contribution is -2.44. The van der Waals surface area contributed by atoms with Gasteiger partial charge in [0.05, 0.1) is 12.1 Å². The van der Waals surface area contributed by atoms with Crippen LogP contribution in [0.2, 0.25) is 0 Å². The van der Waals surface area contributed by atoms with Crippen molar-refractivity contribution >= 4 is 29.9 Å². The van der Waals surface area contributed by atoms with Gasteiger partial charge in [-0.05, 0) is 43.3 Å². The van der Waals surface area contributed by atoms with Gasteiger partial charge in [0.25, 0.3) is 0 Å². The molecule has 3 N–H and O–H groups in total. The SMILES string of the molecule is C[C@@H](N)C(=O)NC1CC(=O)N(c2ccc(Oc3ccccc3)cc2)C1.Cl. The van der Waals surface area contributed by atoms with Crippen molar-refractivity contribution in [3.05, 3.63) is 54.6 Å². The normalized spacial score (nSPS) is 17.4. The minimum atomic E-state index is -0.585. The molecule has 0 aromatic heterocycles. The minimum absolute atomic E-state index is 0. The first-order valence-corrected chi connectivity index (χ1v) is 8.22. The summed E-state index contributed by atoms with van der Waals surface area (Å²) in [7, 11) is 0. The van der Waals surface area contributed by atoms with Gasteiger partial charge in [-0.2, -0.15) is 0 Å². The number of anilines is 1. The van der Waals surface area contributed by atoms with Crippen LogP contribution in [0.4, 0.5) is 5.69 Å². The van der Waals surface area contributed by atoms with E-state index in [9.17, 15) is 9.59 Å². The molecule has 0 aliphatic carbocycles. The van der Waals surface area contributed by atoms with Crippen LogP contribution in [-0.4, -0.2) is 30.4 Å². The van der Waals surface area contributed by atoms with Crippen LogP contribution in [0.1, 0.15) is 13.3 Å². The van der Waals surface area contributed by atoms with E-state index in [0.29, 0.717) is 12.3 Å². The quantitative estimate of drug-likeness (QED) is 0.840. The topological polar surface area (TPSA) is 84.7 Å². The molecule has 1 unspecified atom stereocenters. The van der Waals surface area contributed by atoms with E-state index >= 15 is 0 Å². The van der Waals surface area contributed by atoms with Crippen LogP contribution in [-0.2, 0) is 9.59 Å². The predicted octanol–water partition coefficient (Wildman–Crippen LogP) is 2.47. The van der Waals surface area contributed by atoms with Crippen molar-refractivity contribution in [2.75, 3.05) is 11.4 Å². The molecule has 1 heterocycles. The van der Waals surface area contributed by atoms with Crippen molar-refractivity contribution in [1.29, 1.82) is 0 Å². The maximum Gasteiger partial charge on any atom is 0.236 e. The minimum Gasteiger partial charge on any atom is -0.457 e. The molecule has 1 saturated heterocycles. The Kier molecular flexibility index (Phi) is 6.60. The van der Waals surface area contributed by atoms with E-state index in [2.05, 4.69) is 5.32 Å². The highest BCUT2D eigenvalue weighted by molar-refractivity contribution is 5.97. The van der Waals surface area contributed by atoms with Crippen molar-refractivity contribution in [3.8, 4) is 11.5 Å². The summed E-state index contributed by atoms with van der Waals surface area (Å²) < 4.78 is 5.75. The molecule has 6 nitrogen and oxygen atoms in total. The predicted molar refractivity (Wildman–Crippen MR) is 103 cm³/mol. The number of halogens is 1. The second-order valence-electron chi connectivity index (χ2n) is 6.11. The highest BCUT2D eigenvalue weighted by Gasteiger charge is 2.31. The number of carbonyl (C=O) groups is 2. The molecule has 1 aliphatic rings. The Bertz CT molecular complexity index is 750. The first-order chi connectivity index (χ1) is 12.0. The Hall–Kier alpha value is -2.57. The molecule has 26 heavy (non-hydrogen) atoms. The zero-order valence-electron chi connectivity index (χ0n) is 14.4. The fourth-order valence-electron chi connectivity index (χ4n) is 2.71. The number of hydrogen-bond acceptors (Lipinski definition) is 4. The lowest BCUT2D eigenvalue weighted by Gasteiger charge is -2.18. The molecule has 1 fully saturated rings. The fourth-order valence-corrected chi connectivity index (χ4v) is 2.71. The molecule has 2 amide bonds. The third-order valence-electron chi connectivity index (χ3n) is 4.01. The molecule has 138 valence electrons. The summed E-state index contributed by atoms with van der Waals surface area (Å²) in [4.78, 5) is 25.6. The summed E-state index contributed by atoms with van der Waals surface area (Å²) >= 11 is 0. The van der Waals surface area contributed by atoms with Gasteiger partial charge in [0.2, 0.25) is 11.8 Å². The van der Waals surface area contributed by atoms with E-state index < -0.39 is 6.04 Å². The molecule has 1 aliphatic heterocycles. The number of rotatable bonds is 5. The summed E-state index contributed by atoms with van der Waals surface area (Å²) in [5.74, 6) is 1.19. The van der Waals surface area contributed by atoms with E-state index in [1.54, 1.807) is 11.8 Å². The summed E-state index contributed by atoms with van der Waals surface area (Å²) in [6.45, 7) is 2.06. The third-order valence-corrected chi connectivity index (χ3v) is 4.01. The van der Waals surface area contributed by atoms with E-state index in [1.165, 1.54) is 0 Å². The molecular weight excluding hydrogens is 354 g/mol. The van der Waals surface area contributed by atoms with Crippen molar-refractivity contribution in [1.82, 2.24) is 5.32 Å². The van der Waals surface area contributed by atoms with Gasteiger partial charge < -0.3 is 20.7 Å². The molecule has 2 aromatic rings. The maximum atomic E-state index is 12.2. The fraction of sp³-hybridized carbons (Fsp3) is 0.263. The lowest BCUT2D eigenvalue weighted by molar-refractivity contribution is -0.122. The first kappa shape index (κ1) is 19.8. The Morgan fingerprint density at radius 3 is 2.38 bits per heavy atom. The Labute approximate surface area is 158 Å². The number of amides is 2. The summed E-state index contributed by atoms with van der Waals surface area (Å²) in [5, 5.41) is 2.80. The molecule has 3 rings (SSSR count). The van der Waals surface area contributed by atoms with Gasteiger partial charge in [0, 0.05) is 18.7 Å². The van der Waals surface area contributed by atoms with Gasteiger partial charge in [0.1, 0.15) is 11.5 Å². The zero-order valence-corrected chi connectivity index (χ0v) is 15.2. The van der Waals surface area contributed by atoms with Gasteiger partial charge in [-0.3, -0.25) is 9.59 Å². The number of nitrogens with two attached hydrogens (primary N) is 1. The van der Waals surface area contributed by atoms with Crippen molar-refractivity contribution in [2.45, 2.75) is 25.4 Å². The zero-order chi connectivity index (χ0) is 17.8. The largest absolute Gasteiger partial charge is 0.457 e. The number of hydrogen-bond donors (Lipinski definition) is 2. The smallest absolute Gasteiger partial charge is 0.236 e. The van der Waals surface area contributed by atoms with Gasteiger partial charge in [-0.15, -0.1) is 12.4 Å². The summed E-state index contributed by atoms with van der Waals surface area (Å²) in [6.07, 6.45) is 0.278. The van der Waals surface area contributed by atoms with Crippen LogP contribution in [0.25, 0.3) is 0 Å². The summed E-state index contributed by atoms with van der Waals surface area (Å²) in [6, 6.07) is 16.0. The average molecular weight is 376 g/mol. The van der Waals surface area contributed by atoms with Gasteiger partial charge >= 0.3 is 0 Å². The highest BCUT2D eigenvalue weighted by Crippen LogP contribution is 2.26. The molecular formula is C19H22ClN3O3. The number of nitrogens with zero attached hydrogens (tertiary/aromatic N) is 1. The summed E-state index contributed by atoms with van der Waals surface area (Å²) in [5.41, 5.74) is 6.33. The number of carbonyl (C=O) groups excluding carboxylic acids is 2. The van der Waals surface area contributed by atoms with E-state index in [1.807, 2.05) is 54.6 Å². The van der Waals surface area contributed by atoms with Crippen molar-refractivity contribution in [3.63, 3.8) is 0 Å². The Morgan fingerprint density at radius 1 is 1.15 bits per heavy atom. The van der Waals surface area contributed by atoms with Gasteiger partial charge in [-0.1, -0.05) is 18.2 Å². The first-order valence-electron chi connectivity index (χ1n) is 8.22. The monoisotopic (exact) mass is 375 g/mol. The van der Waals surface area contributed by atoms with Crippen molar-refractivity contribution < 1.29 is 14.3 Å². The van der Waals surface area contributed by atoms with Crippen LogP contribution in [0.3, 0.4) is 0 Å². The molecule has 0 bridgehead atoms. The van der Waals surface area contributed by atoms with Gasteiger partial charge in [0.15, 0.2) is 0 Å². The molecule has 2 atom stereocenters. The van der Waals surface area contributed by atoms with Crippen LogP contribution in [0.5, 0.6) is 11.5 Å². The molecule has 7 heteroatoms. The third kappa shape index (κ3) is 4.74. The van der Waals surface area contributed by atoms with Crippen LogP contribution in [0.15, 0.2) is 54.6 Å². The number of benzene rings is 2. The van der Waals surface area contributed by atoms with E-state index in [4.69, 9.17) is 10.5 Å². The van der Waals surface area contributed by atoms with E-state index in [-0.39, 0.29) is 36.7 Å². The Morgan fingerprint density at radius 2 is 1.77 bits per heavy atom. The lowest BCUT2D eigenvalue weighted by atomic mass is 10.2. The molecule has 0 saturated carbocycles. The number of ether oxygens (including phenoxy) is 1. The average Bonchev–Trinajstić information content (AvgIpc) is 2.96. The maximum absolute atomic E-state index is 12.2. The van der Waals surface area contributed by atoms with Crippen LogP contribution >= 0.6 is 12.4 Å². The Balaban J connectivity index is 0.00000243. The van der Waals surface area contributed by atoms with Gasteiger partial charge in [-0.25, -0.2) is 0 Å². The second-order valence-corrected chi connectivity index (χ2v) is 6.11. The molecule has 0 radical (unpaired) electrons. The second kappa shape index (κ2) is 8.69. The van der Waals surface area contributed by atoms with Crippen LogP contribution < -0.4 is 20.7 Å². The highest BCUT2D eigenvalue weighted by atomic mass is 35.5. The molecule has 2 aromatic carbocycles. The standard InChI is InChI=1S/C19H21N3O3.ClH/c1-13(20)19(24)21-14-11-18(23)22(12-14)15-7-9-17(10-8-15)25-16-5-3-2-4-6-16;/h2-10,13-14H,11-12,20H2,1H3,(H,21,24);1H/t13-,14?;/m1./s1.